The van der Waals surface area contributed by atoms with Crippen LogP contribution in [-0.2, 0) is 38.1 Å². The summed E-state index contributed by atoms with van der Waals surface area (Å²) >= 11 is 0. The Morgan fingerprint density at radius 2 is 1.79 bits per heavy atom. The maximum absolute atomic E-state index is 14.9. The van der Waals surface area contributed by atoms with Gasteiger partial charge >= 0.3 is 11.9 Å². The minimum absolute atomic E-state index is 0.0207. The van der Waals surface area contributed by atoms with Crippen molar-refractivity contribution >= 4 is 23.5 Å². The molecule has 210 valence electrons. The Labute approximate surface area is 223 Å². The van der Waals surface area contributed by atoms with Crippen molar-refractivity contribution in [2.24, 2.45) is 34.5 Å². The van der Waals surface area contributed by atoms with E-state index in [0.717, 1.165) is 0 Å². The average molecular weight is 545 g/mol. The summed E-state index contributed by atoms with van der Waals surface area (Å²) in [6.45, 7) is 4.69. The van der Waals surface area contributed by atoms with Crippen molar-refractivity contribution < 1.29 is 53.4 Å². The third-order valence-electron chi connectivity index (χ3n) is 12.7. The lowest BCUT2D eigenvalue weighted by Crippen LogP contribution is -2.79. The normalized spacial score (nSPS) is 62.0. The van der Waals surface area contributed by atoms with E-state index in [9.17, 15) is 34.5 Å². The third kappa shape index (κ3) is 2.10. The number of ether oxygens (including phenoxy) is 4. The number of aliphatic hydroxyl groups is 3. The molecule has 5 heterocycles. The fourth-order valence-corrected chi connectivity index (χ4v) is 10.6. The Morgan fingerprint density at radius 3 is 2.54 bits per heavy atom. The maximum Gasteiger partial charge on any atom is 0.342 e. The first-order valence-electron chi connectivity index (χ1n) is 13.8. The number of esters is 2. The number of rotatable bonds is 0. The number of Topliss-reactive ketones (excluding diaryl/α,β-unsaturated/α-hetero) is 1. The predicted octanol–water partition coefficient (Wildman–Crippen LogP) is -0.277. The van der Waals surface area contributed by atoms with Gasteiger partial charge in [0.25, 0.3) is 0 Å². The van der Waals surface area contributed by atoms with Gasteiger partial charge in [0, 0.05) is 5.92 Å². The maximum atomic E-state index is 14.9. The second-order valence-corrected chi connectivity index (χ2v) is 13.8. The highest BCUT2D eigenvalue weighted by molar-refractivity contribution is 6.00. The second-order valence-electron chi connectivity index (χ2n) is 13.8. The molecule has 13 atom stereocenters. The first-order chi connectivity index (χ1) is 18.2. The van der Waals surface area contributed by atoms with Crippen LogP contribution in [0, 0.1) is 34.5 Å². The van der Waals surface area contributed by atoms with Gasteiger partial charge in [0.15, 0.2) is 28.4 Å². The van der Waals surface area contributed by atoms with Crippen molar-refractivity contribution in [1.29, 1.82) is 0 Å². The number of hydrogen-bond acceptors (Lipinski definition) is 11. The van der Waals surface area contributed by atoms with E-state index in [1.54, 1.807) is 20.8 Å². The van der Waals surface area contributed by atoms with Gasteiger partial charge in [-0.2, -0.15) is 0 Å². The molecule has 0 aromatic heterocycles. The number of ketones is 2. The third-order valence-corrected chi connectivity index (χ3v) is 12.7. The van der Waals surface area contributed by atoms with Gasteiger partial charge in [-0.1, -0.05) is 13.0 Å². The summed E-state index contributed by atoms with van der Waals surface area (Å²) in [7, 11) is 0. The zero-order valence-corrected chi connectivity index (χ0v) is 22.0. The van der Waals surface area contributed by atoms with Crippen molar-refractivity contribution in [2.75, 3.05) is 6.61 Å². The summed E-state index contributed by atoms with van der Waals surface area (Å²) in [5.74, 6) is -8.35. The number of fused-ring (bicyclic) bond motifs is 5. The molecule has 39 heavy (non-hydrogen) atoms. The minimum Gasteiger partial charge on any atom is -0.458 e. The van der Waals surface area contributed by atoms with Crippen LogP contribution >= 0.6 is 0 Å². The molecule has 11 heteroatoms. The first kappa shape index (κ1) is 24.6. The van der Waals surface area contributed by atoms with Gasteiger partial charge < -0.3 is 34.3 Å². The monoisotopic (exact) mass is 544 g/mol. The quantitative estimate of drug-likeness (QED) is 0.344. The van der Waals surface area contributed by atoms with E-state index in [1.807, 2.05) is 0 Å². The van der Waals surface area contributed by atoms with Crippen LogP contribution in [0.4, 0.5) is 0 Å². The molecule has 8 rings (SSSR count). The Bertz CT molecular complexity index is 1330. The Balaban J connectivity index is 1.43. The Kier molecular flexibility index (Phi) is 4.09. The number of carbonyl (C=O) groups excluding carboxylic acids is 4. The molecule has 3 N–H and O–H groups in total. The average Bonchev–Trinajstić information content (AvgIpc) is 3.19. The lowest BCUT2D eigenvalue weighted by atomic mass is 9.46. The highest BCUT2D eigenvalue weighted by Crippen LogP contribution is 2.75. The van der Waals surface area contributed by atoms with Crippen LogP contribution in [0.3, 0.4) is 0 Å². The molecule has 0 aromatic carbocycles. The summed E-state index contributed by atoms with van der Waals surface area (Å²) < 4.78 is 24.9. The van der Waals surface area contributed by atoms with Crippen LogP contribution in [0.25, 0.3) is 0 Å². The van der Waals surface area contributed by atoms with Crippen LogP contribution in [-0.4, -0.2) is 85.8 Å². The van der Waals surface area contributed by atoms with Crippen molar-refractivity contribution in [3.63, 3.8) is 0 Å². The minimum atomic E-state index is -2.32. The lowest BCUT2D eigenvalue weighted by Gasteiger charge is -2.64. The molecule has 11 nitrogen and oxygen atoms in total. The van der Waals surface area contributed by atoms with Crippen molar-refractivity contribution in [2.45, 2.75) is 93.3 Å². The van der Waals surface area contributed by atoms with E-state index >= 15 is 0 Å². The SMILES string of the molecule is C[C@@]12C[C@@H]3OC(=O)[C@@H]1COC14OC5([C@@H]2C1=O)C(O)(CC[C@H]1[C@@H]4C[C@H](O)[C@]2(O)CC=CC(=O)[C@]12C)C(=O)O[C@@]35C. The molecule has 3 aliphatic carbocycles. The summed E-state index contributed by atoms with van der Waals surface area (Å²) in [6, 6.07) is 0. The fourth-order valence-electron chi connectivity index (χ4n) is 10.6. The molecule has 5 bridgehead atoms. The fraction of sp³-hybridized carbons (Fsp3) is 0.786. The van der Waals surface area contributed by atoms with Crippen LogP contribution in [0.2, 0.25) is 0 Å². The zero-order chi connectivity index (χ0) is 27.8. The topological polar surface area (TPSA) is 166 Å². The highest BCUT2D eigenvalue weighted by Gasteiger charge is 2.93. The first-order valence-corrected chi connectivity index (χ1v) is 13.8. The number of carbonyl (C=O) groups is 4. The van der Waals surface area contributed by atoms with Crippen molar-refractivity contribution in [3.05, 3.63) is 12.2 Å². The van der Waals surface area contributed by atoms with Crippen molar-refractivity contribution in [3.8, 4) is 0 Å². The van der Waals surface area contributed by atoms with Gasteiger partial charge in [-0.25, -0.2) is 4.79 Å². The molecule has 0 amide bonds. The van der Waals surface area contributed by atoms with Gasteiger partial charge in [-0.3, -0.25) is 14.4 Å². The molecule has 0 aromatic rings. The number of allylic oxidation sites excluding steroid dienone is 1. The number of hydrogen-bond donors (Lipinski definition) is 3. The van der Waals surface area contributed by atoms with Crippen LogP contribution in [0.15, 0.2) is 12.2 Å². The van der Waals surface area contributed by atoms with Gasteiger partial charge in [0.2, 0.25) is 5.79 Å². The molecular formula is C28H32O11. The van der Waals surface area contributed by atoms with Crippen molar-refractivity contribution in [1.82, 2.24) is 0 Å². The molecule has 3 unspecified atom stereocenters. The molecule has 2 spiro atoms. The van der Waals surface area contributed by atoms with E-state index < -0.39 is 98.4 Å². The summed E-state index contributed by atoms with van der Waals surface area (Å²) in [4.78, 5) is 55.5. The van der Waals surface area contributed by atoms with E-state index in [0.29, 0.717) is 0 Å². The van der Waals surface area contributed by atoms with Gasteiger partial charge in [-0.05, 0) is 63.4 Å². The van der Waals surface area contributed by atoms with E-state index in [2.05, 4.69) is 0 Å². The second kappa shape index (κ2) is 6.49. The Hall–Kier alpha value is -2.18. The standard InChI is InChI=1S/C28H32O11/c1-22-10-17-24(3)28-18(22)19(31)27(39-28,36-11-14(22)20(32)37-17)13-9-16(30)25(34)7-4-5-15(29)23(25,2)12(13)6-8-26(28,35)21(33)38-24/h4-5,12-14,16-18,30,34-35H,6-11H2,1-3H3/t12-,13-,14-,16-,17-,18+,22+,23-,24-,25+,26?,27?,28?/m0/s1. The molecular weight excluding hydrogens is 512 g/mol. The van der Waals surface area contributed by atoms with Crippen LogP contribution in [0.1, 0.15) is 52.9 Å². The largest absolute Gasteiger partial charge is 0.458 e. The van der Waals surface area contributed by atoms with Gasteiger partial charge in [0.05, 0.1) is 30.0 Å². The van der Waals surface area contributed by atoms with Crippen LogP contribution in [0.5, 0.6) is 0 Å². The summed E-state index contributed by atoms with van der Waals surface area (Å²) in [5.41, 5.74) is -10.4. The zero-order valence-electron chi connectivity index (χ0n) is 22.0. The molecule has 8 aliphatic rings. The van der Waals surface area contributed by atoms with E-state index in [4.69, 9.17) is 18.9 Å². The van der Waals surface area contributed by atoms with Gasteiger partial charge in [-0.15, -0.1) is 0 Å². The predicted molar refractivity (Wildman–Crippen MR) is 125 cm³/mol. The molecule has 5 saturated heterocycles. The molecule has 5 aliphatic heterocycles. The molecule has 2 saturated carbocycles. The highest BCUT2D eigenvalue weighted by atomic mass is 16.8. The smallest absolute Gasteiger partial charge is 0.342 e. The summed E-state index contributed by atoms with van der Waals surface area (Å²) in [6.07, 6.45) is 0.491. The molecule has 0 radical (unpaired) electrons. The van der Waals surface area contributed by atoms with Gasteiger partial charge in [0.1, 0.15) is 11.7 Å². The van der Waals surface area contributed by atoms with E-state index in [1.165, 1.54) is 12.2 Å². The summed E-state index contributed by atoms with van der Waals surface area (Å²) in [5, 5.41) is 35.6. The number of aliphatic hydroxyl groups excluding tert-OH is 1. The lowest BCUT2D eigenvalue weighted by molar-refractivity contribution is -0.382. The van der Waals surface area contributed by atoms with Crippen LogP contribution < -0.4 is 0 Å². The molecule has 7 fully saturated rings. The van der Waals surface area contributed by atoms with E-state index in [-0.39, 0.29) is 38.7 Å². The Morgan fingerprint density at radius 1 is 1.05 bits per heavy atom.